The Hall–Kier alpha value is -2.05. The normalized spacial score (nSPS) is 30.6. The first-order valence-electron chi connectivity index (χ1n) is 9.81. The van der Waals surface area contributed by atoms with E-state index in [0.717, 1.165) is 19.3 Å². The summed E-state index contributed by atoms with van der Waals surface area (Å²) in [6.07, 6.45) is 6.74. The molecule has 28 heavy (non-hydrogen) atoms. The van der Waals surface area contributed by atoms with Crippen molar-refractivity contribution in [3.63, 3.8) is 0 Å². The maximum absolute atomic E-state index is 12.3. The van der Waals surface area contributed by atoms with E-state index < -0.39 is 18.3 Å². The largest absolute Gasteiger partial charge is 0.390 e. The Morgan fingerprint density at radius 2 is 2.00 bits per heavy atom. The van der Waals surface area contributed by atoms with E-state index in [1.54, 1.807) is 0 Å². The summed E-state index contributed by atoms with van der Waals surface area (Å²) in [5.74, 6) is 0.861. The second-order valence-electron chi connectivity index (χ2n) is 8.02. The molecule has 0 amide bonds. The van der Waals surface area contributed by atoms with Crippen LogP contribution in [0.2, 0.25) is 0 Å². The second-order valence-corrected chi connectivity index (χ2v) is 8.02. The van der Waals surface area contributed by atoms with Gasteiger partial charge in [0.15, 0.2) is 0 Å². The van der Waals surface area contributed by atoms with E-state index in [9.17, 15) is 19.1 Å². The quantitative estimate of drug-likeness (QED) is 0.678. The predicted molar refractivity (Wildman–Crippen MR) is 100 cm³/mol. The maximum Gasteiger partial charge on any atom is 0.345 e. The van der Waals surface area contributed by atoms with Gasteiger partial charge in [-0.05, 0) is 58.3 Å². The van der Waals surface area contributed by atoms with Gasteiger partial charge in [-0.2, -0.15) is 19.0 Å². The second kappa shape index (κ2) is 8.97. The van der Waals surface area contributed by atoms with Crippen LogP contribution in [0.15, 0.2) is 6.20 Å². The fraction of sp³-hybridized carbons (Fsp3) is 0.737. The number of hydrogen-bond acceptors (Lipinski definition) is 7. The van der Waals surface area contributed by atoms with E-state index >= 15 is 0 Å². The van der Waals surface area contributed by atoms with Gasteiger partial charge in [-0.3, -0.25) is 0 Å². The summed E-state index contributed by atoms with van der Waals surface area (Å²) in [4.78, 5) is 8.67. The first-order valence-corrected chi connectivity index (χ1v) is 9.81. The highest BCUT2D eigenvalue weighted by Crippen LogP contribution is 2.30. The highest BCUT2D eigenvalue weighted by molar-refractivity contribution is 5.54. The fourth-order valence-corrected chi connectivity index (χ4v) is 4.10. The lowest BCUT2D eigenvalue weighted by Crippen LogP contribution is -2.38. The molecule has 2 saturated carbocycles. The van der Waals surface area contributed by atoms with Crippen LogP contribution < -0.4 is 10.6 Å². The fourth-order valence-electron chi connectivity index (χ4n) is 4.10. The Bertz CT molecular complexity index is 702. The number of nitriles is 1. The predicted octanol–water partition coefficient (Wildman–Crippen LogP) is 3.42. The smallest absolute Gasteiger partial charge is 0.345 e. The van der Waals surface area contributed by atoms with Gasteiger partial charge in [0, 0.05) is 12.1 Å². The van der Waals surface area contributed by atoms with Crippen molar-refractivity contribution in [3.05, 3.63) is 11.8 Å². The Morgan fingerprint density at radius 1 is 1.25 bits per heavy atom. The number of nitrogens with one attached hydrogen (secondary N) is 2. The van der Waals surface area contributed by atoms with Gasteiger partial charge < -0.3 is 20.5 Å². The molecule has 7 nitrogen and oxygen atoms in total. The summed E-state index contributed by atoms with van der Waals surface area (Å²) in [5.41, 5.74) is -0.361. The highest BCUT2D eigenvalue weighted by atomic mass is 19.3. The summed E-state index contributed by atoms with van der Waals surface area (Å²) in [7, 11) is 0. The van der Waals surface area contributed by atoms with Crippen LogP contribution in [0.4, 0.5) is 20.5 Å². The van der Waals surface area contributed by atoms with Crippen molar-refractivity contribution in [1.29, 1.82) is 5.26 Å². The molecule has 3 N–H and O–H groups in total. The van der Waals surface area contributed by atoms with Gasteiger partial charge in [-0.25, -0.2) is 4.98 Å². The summed E-state index contributed by atoms with van der Waals surface area (Å²) >= 11 is 0. The molecule has 154 valence electrons. The van der Waals surface area contributed by atoms with Crippen LogP contribution in [0.5, 0.6) is 0 Å². The molecule has 0 bridgehead atoms. The van der Waals surface area contributed by atoms with Gasteiger partial charge in [0.25, 0.3) is 0 Å². The van der Waals surface area contributed by atoms with Crippen molar-refractivity contribution in [1.82, 2.24) is 9.97 Å². The van der Waals surface area contributed by atoms with Crippen LogP contribution in [0.3, 0.4) is 0 Å². The van der Waals surface area contributed by atoms with Crippen molar-refractivity contribution in [2.75, 3.05) is 10.6 Å². The van der Waals surface area contributed by atoms with Gasteiger partial charge in [0.2, 0.25) is 5.95 Å². The van der Waals surface area contributed by atoms with E-state index in [-0.39, 0.29) is 12.1 Å². The Balaban J connectivity index is 1.61. The number of aromatic nitrogens is 2. The minimum atomic E-state index is -2.73. The zero-order chi connectivity index (χ0) is 20.1. The minimum Gasteiger partial charge on any atom is -0.390 e. The number of nitrogens with zero attached hydrogens (tertiary/aromatic N) is 3. The van der Waals surface area contributed by atoms with E-state index in [1.807, 2.05) is 6.92 Å². The molecule has 0 spiro atoms. The van der Waals surface area contributed by atoms with Gasteiger partial charge in [-0.1, -0.05) is 0 Å². The molecule has 0 aromatic carbocycles. The third-order valence-corrected chi connectivity index (χ3v) is 5.51. The molecule has 2 aliphatic rings. The monoisotopic (exact) mass is 395 g/mol. The summed E-state index contributed by atoms with van der Waals surface area (Å²) < 4.78 is 29.2. The molecule has 0 saturated heterocycles. The number of aliphatic hydroxyl groups is 1. The maximum atomic E-state index is 12.3. The molecule has 9 heteroatoms. The highest BCUT2D eigenvalue weighted by Gasteiger charge is 2.30. The molecular formula is C19H27F2N5O2. The molecular weight excluding hydrogens is 368 g/mol. The lowest BCUT2D eigenvalue weighted by atomic mass is 9.83. The third-order valence-electron chi connectivity index (χ3n) is 5.51. The summed E-state index contributed by atoms with van der Waals surface area (Å²) in [6.45, 7) is -0.904. The van der Waals surface area contributed by atoms with E-state index in [2.05, 4.69) is 31.4 Å². The molecule has 2 atom stereocenters. The number of rotatable bonds is 6. The van der Waals surface area contributed by atoms with Gasteiger partial charge in [0.05, 0.1) is 17.9 Å². The number of hydrogen-bond donors (Lipinski definition) is 3. The van der Waals surface area contributed by atoms with Crippen molar-refractivity contribution >= 4 is 11.8 Å². The standard InChI is InChI=1S/C19H27F2N5O2/c1-19(27)8-2-3-14(9-19)24-16-12(10-22)11-23-18(26-16)25-13-4-6-15(7-5-13)28-17(20)21/h11,13-15,17,27H,2-9H2,1H3,(H2,23,24,25,26)/t13?,14-,15?,19+/m1/s1. The number of anilines is 2. The molecule has 3 rings (SSSR count). The molecule has 0 unspecified atom stereocenters. The van der Waals surface area contributed by atoms with E-state index in [4.69, 9.17) is 0 Å². The third kappa shape index (κ3) is 5.72. The van der Waals surface area contributed by atoms with Crippen molar-refractivity contribution in [2.45, 2.75) is 88.7 Å². The Kier molecular flexibility index (Phi) is 6.62. The van der Waals surface area contributed by atoms with Gasteiger partial charge in [0.1, 0.15) is 17.5 Å². The molecule has 2 aliphatic carbocycles. The number of halogens is 2. The SMILES string of the molecule is C[C@]1(O)CCC[C@@H](Nc2nc(NC3CCC(OC(F)F)CC3)ncc2C#N)C1. The van der Waals surface area contributed by atoms with Crippen LogP contribution in [0.25, 0.3) is 0 Å². The summed E-state index contributed by atoms with van der Waals surface area (Å²) in [6, 6.07) is 2.22. The van der Waals surface area contributed by atoms with Crippen LogP contribution in [0, 0.1) is 11.3 Å². The zero-order valence-corrected chi connectivity index (χ0v) is 16.0. The average Bonchev–Trinajstić information content (AvgIpc) is 2.62. The Morgan fingerprint density at radius 3 is 2.64 bits per heavy atom. The molecule has 1 aromatic rings. The van der Waals surface area contributed by atoms with Crippen LogP contribution >= 0.6 is 0 Å². The van der Waals surface area contributed by atoms with Crippen molar-refractivity contribution in [2.24, 2.45) is 0 Å². The van der Waals surface area contributed by atoms with Crippen molar-refractivity contribution in [3.8, 4) is 6.07 Å². The first-order chi connectivity index (χ1) is 13.3. The minimum absolute atomic E-state index is 0.0422. The van der Waals surface area contributed by atoms with E-state index in [1.165, 1.54) is 6.20 Å². The van der Waals surface area contributed by atoms with Crippen molar-refractivity contribution < 1.29 is 18.6 Å². The number of ether oxygens (including phenoxy) is 1. The first kappa shape index (κ1) is 20.7. The number of alkyl halides is 2. The zero-order valence-electron chi connectivity index (χ0n) is 16.0. The molecule has 1 aromatic heterocycles. The lowest BCUT2D eigenvalue weighted by Gasteiger charge is -2.34. The van der Waals surface area contributed by atoms with Crippen LogP contribution in [-0.4, -0.2) is 45.5 Å². The molecule has 2 fully saturated rings. The average molecular weight is 395 g/mol. The lowest BCUT2D eigenvalue weighted by molar-refractivity contribution is -0.169. The van der Waals surface area contributed by atoms with Crippen LogP contribution in [-0.2, 0) is 4.74 Å². The molecule has 1 heterocycles. The van der Waals surface area contributed by atoms with E-state index in [0.29, 0.717) is 49.4 Å². The molecule has 0 radical (unpaired) electrons. The Labute approximate surface area is 163 Å². The molecule has 0 aliphatic heterocycles. The van der Waals surface area contributed by atoms with Crippen LogP contribution in [0.1, 0.15) is 63.9 Å². The topological polar surface area (TPSA) is 103 Å². The van der Waals surface area contributed by atoms with Gasteiger partial charge in [-0.15, -0.1) is 0 Å². The summed E-state index contributed by atoms with van der Waals surface area (Å²) in [5, 5.41) is 26.2. The van der Waals surface area contributed by atoms with Gasteiger partial charge >= 0.3 is 6.61 Å².